The van der Waals surface area contributed by atoms with Gasteiger partial charge < -0.3 is 11.5 Å². The SMILES string of the molecule is CC(N)=NCc1cnc(C)nc1N. The summed E-state index contributed by atoms with van der Waals surface area (Å²) in [4.78, 5) is 12.0. The molecule has 0 saturated carbocycles. The Morgan fingerprint density at radius 3 is 2.85 bits per heavy atom. The Morgan fingerprint density at radius 1 is 1.62 bits per heavy atom. The molecule has 70 valence electrons. The van der Waals surface area contributed by atoms with E-state index >= 15 is 0 Å². The number of nitrogens with two attached hydrogens (primary N) is 2. The second-order valence-corrected chi connectivity index (χ2v) is 2.79. The molecule has 0 aliphatic carbocycles. The van der Waals surface area contributed by atoms with Gasteiger partial charge in [0.15, 0.2) is 0 Å². The number of aromatic nitrogens is 2. The van der Waals surface area contributed by atoms with Crippen molar-refractivity contribution in [2.45, 2.75) is 20.4 Å². The Morgan fingerprint density at radius 2 is 2.31 bits per heavy atom. The Hall–Kier alpha value is -1.65. The third kappa shape index (κ3) is 2.70. The molecule has 0 aliphatic heterocycles. The lowest BCUT2D eigenvalue weighted by Crippen LogP contribution is -2.07. The van der Waals surface area contributed by atoms with Crippen molar-refractivity contribution in [3.05, 3.63) is 17.6 Å². The molecule has 13 heavy (non-hydrogen) atoms. The second-order valence-electron chi connectivity index (χ2n) is 2.79. The molecule has 0 saturated heterocycles. The molecule has 5 nitrogen and oxygen atoms in total. The molecule has 0 atom stereocenters. The van der Waals surface area contributed by atoms with Crippen molar-refractivity contribution in [3.63, 3.8) is 0 Å². The van der Waals surface area contributed by atoms with Gasteiger partial charge in [-0.25, -0.2) is 9.97 Å². The molecule has 0 bridgehead atoms. The second kappa shape index (κ2) is 3.84. The average molecular weight is 179 g/mol. The van der Waals surface area contributed by atoms with Gasteiger partial charge in [0.1, 0.15) is 11.6 Å². The summed E-state index contributed by atoms with van der Waals surface area (Å²) in [6.07, 6.45) is 1.67. The number of hydrogen-bond acceptors (Lipinski definition) is 4. The summed E-state index contributed by atoms with van der Waals surface area (Å²) in [7, 11) is 0. The minimum absolute atomic E-state index is 0.439. The number of aliphatic imine (C=N–C) groups is 1. The predicted octanol–water partition coefficient (Wildman–Crippen LogP) is 0.244. The number of anilines is 1. The highest BCUT2D eigenvalue weighted by Gasteiger charge is 1.99. The van der Waals surface area contributed by atoms with Crippen LogP contribution in [0.5, 0.6) is 0 Å². The summed E-state index contributed by atoms with van der Waals surface area (Å²) in [5.41, 5.74) is 11.8. The van der Waals surface area contributed by atoms with E-state index in [9.17, 15) is 0 Å². The number of rotatable bonds is 2. The number of nitrogen functional groups attached to an aromatic ring is 1. The van der Waals surface area contributed by atoms with E-state index in [2.05, 4.69) is 15.0 Å². The zero-order valence-corrected chi connectivity index (χ0v) is 7.78. The van der Waals surface area contributed by atoms with E-state index in [4.69, 9.17) is 11.5 Å². The maximum Gasteiger partial charge on any atom is 0.132 e. The molecule has 1 aromatic rings. The highest BCUT2D eigenvalue weighted by atomic mass is 14.9. The lowest BCUT2D eigenvalue weighted by atomic mass is 10.3. The van der Waals surface area contributed by atoms with E-state index < -0.39 is 0 Å². The maximum absolute atomic E-state index is 5.65. The summed E-state index contributed by atoms with van der Waals surface area (Å²) >= 11 is 0. The van der Waals surface area contributed by atoms with Crippen molar-refractivity contribution in [2.24, 2.45) is 10.7 Å². The quantitative estimate of drug-likeness (QED) is 0.502. The molecular formula is C8H13N5. The van der Waals surface area contributed by atoms with Crippen LogP contribution < -0.4 is 11.5 Å². The number of aryl methyl sites for hydroxylation is 1. The monoisotopic (exact) mass is 179 g/mol. The first-order chi connectivity index (χ1) is 6.09. The molecule has 1 aromatic heterocycles. The van der Waals surface area contributed by atoms with Crippen molar-refractivity contribution in [1.82, 2.24) is 9.97 Å². The Kier molecular flexibility index (Phi) is 2.79. The van der Waals surface area contributed by atoms with E-state index in [1.54, 1.807) is 20.0 Å². The van der Waals surface area contributed by atoms with Crippen LogP contribution in [-0.4, -0.2) is 15.8 Å². The van der Waals surface area contributed by atoms with Crippen molar-refractivity contribution >= 4 is 11.7 Å². The van der Waals surface area contributed by atoms with Gasteiger partial charge in [-0.3, -0.25) is 4.99 Å². The molecule has 0 fully saturated rings. The zero-order chi connectivity index (χ0) is 9.84. The fourth-order valence-electron chi connectivity index (χ4n) is 0.844. The van der Waals surface area contributed by atoms with Gasteiger partial charge in [0, 0.05) is 11.8 Å². The molecule has 4 N–H and O–H groups in total. The van der Waals surface area contributed by atoms with Gasteiger partial charge >= 0.3 is 0 Å². The normalized spacial score (nSPS) is 11.7. The number of hydrogen-bond donors (Lipinski definition) is 2. The Bertz CT molecular complexity index is 327. The molecule has 0 unspecified atom stereocenters. The van der Waals surface area contributed by atoms with Crippen molar-refractivity contribution in [1.29, 1.82) is 0 Å². The molecule has 5 heteroatoms. The third-order valence-electron chi connectivity index (χ3n) is 1.52. The van der Waals surface area contributed by atoms with E-state index in [0.29, 0.717) is 24.0 Å². The zero-order valence-electron chi connectivity index (χ0n) is 7.78. The van der Waals surface area contributed by atoms with Crippen molar-refractivity contribution in [3.8, 4) is 0 Å². The summed E-state index contributed by atoms with van der Waals surface area (Å²) in [6.45, 7) is 3.96. The van der Waals surface area contributed by atoms with E-state index in [1.807, 2.05) is 0 Å². The van der Waals surface area contributed by atoms with E-state index in [-0.39, 0.29) is 0 Å². The molecule has 0 radical (unpaired) electrons. The highest BCUT2D eigenvalue weighted by Crippen LogP contribution is 2.07. The minimum atomic E-state index is 0.439. The van der Waals surface area contributed by atoms with Gasteiger partial charge in [0.05, 0.1) is 12.4 Å². The van der Waals surface area contributed by atoms with Crippen LogP contribution in [0, 0.1) is 6.92 Å². The summed E-state index contributed by atoms with van der Waals surface area (Å²) in [5.74, 6) is 1.66. The lowest BCUT2D eigenvalue weighted by molar-refractivity contribution is 0.975. The summed E-state index contributed by atoms with van der Waals surface area (Å²) in [5, 5.41) is 0. The van der Waals surface area contributed by atoms with Crippen molar-refractivity contribution < 1.29 is 0 Å². The first-order valence-electron chi connectivity index (χ1n) is 3.94. The average Bonchev–Trinajstić information content (AvgIpc) is 2.02. The van der Waals surface area contributed by atoms with Gasteiger partial charge in [-0.2, -0.15) is 0 Å². The van der Waals surface area contributed by atoms with E-state index in [1.165, 1.54) is 0 Å². The third-order valence-corrected chi connectivity index (χ3v) is 1.52. The van der Waals surface area contributed by atoms with Crippen LogP contribution >= 0.6 is 0 Å². The van der Waals surface area contributed by atoms with Gasteiger partial charge in [0.25, 0.3) is 0 Å². The number of amidine groups is 1. The fraction of sp³-hybridized carbons (Fsp3) is 0.375. The molecule has 0 aromatic carbocycles. The topological polar surface area (TPSA) is 90.2 Å². The first kappa shape index (κ1) is 9.44. The molecule has 1 rings (SSSR count). The summed E-state index contributed by atoms with van der Waals surface area (Å²) in [6, 6.07) is 0. The largest absolute Gasteiger partial charge is 0.388 e. The van der Waals surface area contributed by atoms with Gasteiger partial charge in [-0.05, 0) is 13.8 Å². The van der Waals surface area contributed by atoms with Crippen LogP contribution in [0.1, 0.15) is 18.3 Å². The van der Waals surface area contributed by atoms with Crippen molar-refractivity contribution in [2.75, 3.05) is 5.73 Å². The van der Waals surface area contributed by atoms with Crippen LogP contribution in [0.2, 0.25) is 0 Å². The van der Waals surface area contributed by atoms with Crippen LogP contribution in [0.25, 0.3) is 0 Å². The van der Waals surface area contributed by atoms with Crippen LogP contribution in [-0.2, 0) is 6.54 Å². The minimum Gasteiger partial charge on any atom is -0.388 e. The standard InChI is InChI=1S/C8H13N5/c1-5(9)11-3-7-4-12-6(2)13-8(7)10/h4H,3H2,1-2H3,(H2,9,11)(H2,10,12,13). The van der Waals surface area contributed by atoms with Crippen LogP contribution in [0.4, 0.5) is 5.82 Å². The lowest BCUT2D eigenvalue weighted by Gasteiger charge is -2.01. The molecule has 1 heterocycles. The van der Waals surface area contributed by atoms with Gasteiger partial charge in [-0.15, -0.1) is 0 Å². The molecule has 0 aliphatic rings. The van der Waals surface area contributed by atoms with Crippen LogP contribution in [0.3, 0.4) is 0 Å². The van der Waals surface area contributed by atoms with Crippen LogP contribution in [0.15, 0.2) is 11.2 Å². The highest BCUT2D eigenvalue weighted by molar-refractivity contribution is 5.77. The molecule has 0 spiro atoms. The molecule has 0 amide bonds. The Balaban J connectivity index is 2.84. The fourth-order valence-corrected chi connectivity index (χ4v) is 0.844. The first-order valence-corrected chi connectivity index (χ1v) is 3.94. The number of nitrogens with zero attached hydrogens (tertiary/aromatic N) is 3. The Labute approximate surface area is 76.9 Å². The maximum atomic E-state index is 5.65. The smallest absolute Gasteiger partial charge is 0.132 e. The summed E-state index contributed by atoms with van der Waals surface area (Å²) < 4.78 is 0. The van der Waals surface area contributed by atoms with E-state index in [0.717, 1.165) is 5.56 Å². The molecular weight excluding hydrogens is 166 g/mol. The van der Waals surface area contributed by atoms with Gasteiger partial charge in [0.2, 0.25) is 0 Å². The predicted molar refractivity (Wildman–Crippen MR) is 52.2 cm³/mol. The van der Waals surface area contributed by atoms with Gasteiger partial charge in [-0.1, -0.05) is 0 Å².